The largest absolute Gasteiger partial charge is 0.382 e. The van der Waals surface area contributed by atoms with E-state index in [-0.39, 0.29) is 11.4 Å². The van der Waals surface area contributed by atoms with Crippen molar-refractivity contribution in [3.05, 3.63) is 17.5 Å². The molecular weight excluding hydrogens is 292 g/mol. The second kappa shape index (κ2) is 7.01. The number of methoxy groups -OCH3 is 1. The van der Waals surface area contributed by atoms with Crippen LogP contribution in [0.15, 0.2) is 6.07 Å². The summed E-state index contributed by atoms with van der Waals surface area (Å²) in [5.74, 6) is -0.0906. The number of carbonyl (C=O) groups excluding carboxylic acids is 1. The van der Waals surface area contributed by atoms with Gasteiger partial charge in [0, 0.05) is 7.11 Å². The van der Waals surface area contributed by atoms with Crippen molar-refractivity contribution in [3.63, 3.8) is 0 Å². The summed E-state index contributed by atoms with van der Waals surface area (Å²) >= 11 is 0. The Labute approximate surface area is 138 Å². The number of likely N-dealkylation sites (tertiary alicyclic amines) is 1. The number of aromatic nitrogens is 2. The summed E-state index contributed by atoms with van der Waals surface area (Å²) in [5, 5.41) is 10.5. The molecule has 1 aromatic rings. The van der Waals surface area contributed by atoms with Gasteiger partial charge in [0.15, 0.2) is 0 Å². The van der Waals surface area contributed by atoms with Crippen LogP contribution in [0.3, 0.4) is 0 Å². The summed E-state index contributed by atoms with van der Waals surface area (Å²) in [4.78, 5) is 14.9. The second-order valence-corrected chi connectivity index (χ2v) is 7.08. The molecule has 2 N–H and O–H groups in total. The number of hydrogen-bond donors (Lipinski definition) is 2. The van der Waals surface area contributed by atoms with Crippen molar-refractivity contribution in [2.75, 3.05) is 27.3 Å². The van der Waals surface area contributed by atoms with Crippen LogP contribution in [0.4, 0.5) is 0 Å². The van der Waals surface area contributed by atoms with Gasteiger partial charge < -0.3 is 10.1 Å². The Morgan fingerprint density at radius 1 is 1.43 bits per heavy atom. The highest BCUT2D eigenvalue weighted by molar-refractivity contribution is 5.92. The Bertz CT molecular complexity index is 531. The lowest BCUT2D eigenvalue weighted by Gasteiger charge is -2.37. The Hall–Kier alpha value is -1.40. The predicted octanol–water partition coefficient (Wildman–Crippen LogP) is 2.26. The second-order valence-electron chi connectivity index (χ2n) is 7.08. The van der Waals surface area contributed by atoms with E-state index in [4.69, 9.17) is 4.74 Å². The highest BCUT2D eigenvalue weighted by Gasteiger charge is 2.34. The molecule has 1 saturated heterocycles. The fourth-order valence-corrected chi connectivity index (χ4v) is 4.04. The van der Waals surface area contributed by atoms with Crippen molar-refractivity contribution >= 4 is 5.91 Å². The smallest absolute Gasteiger partial charge is 0.272 e. The normalized spacial score (nSPS) is 24.7. The van der Waals surface area contributed by atoms with Gasteiger partial charge in [-0.3, -0.25) is 14.8 Å². The van der Waals surface area contributed by atoms with Crippen LogP contribution < -0.4 is 5.32 Å². The summed E-state index contributed by atoms with van der Waals surface area (Å²) in [5.41, 5.74) is 1.30. The fourth-order valence-electron chi connectivity index (χ4n) is 4.04. The van der Waals surface area contributed by atoms with Crippen LogP contribution in [0.5, 0.6) is 0 Å². The van der Waals surface area contributed by atoms with Gasteiger partial charge in [-0.1, -0.05) is 19.3 Å². The third-order valence-electron chi connectivity index (χ3n) is 5.32. The number of nitrogens with zero attached hydrogens (tertiary/aromatic N) is 2. The van der Waals surface area contributed by atoms with Crippen molar-refractivity contribution in [1.29, 1.82) is 0 Å². The van der Waals surface area contributed by atoms with Gasteiger partial charge in [0.25, 0.3) is 5.91 Å². The molecule has 1 saturated carbocycles. The lowest BCUT2D eigenvalue weighted by molar-refractivity contribution is 0.0634. The summed E-state index contributed by atoms with van der Waals surface area (Å²) in [6.07, 6.45) is 7.79. The first-order valence-corrected chi connectivity index (χ1v) is 8.70. The molecule has 1 aromatic heterocycles. The van der Waals surface area contributed by atoms with E-state index in [9.17, 15) is 4.79 Å². The van der Waals surface area contributed by atoms with Crippen molar-refractivity contribution in [1.82, 2.24) is 20.4 Å². The van der Waals surface area contributed by atoms with E-state index >= 15 is 0 Å². The fraction of sp³-hybridized carbons (Fsp3) is 0.765. The molecule has 128 valence electrons. The third kappa shape index (κ3) is 3.58. The highest BCUT2D eigenvalue weighted by atomic mass is 16.5. The molecule has 6 nitrogen and oxygen atoms in total. The Kier molecular flexibility index (Phi) is 5.02. The van der Waals surface area contributed by atoms with E-state index in [1.165, 1.54) is 12.8 Å². The highest BCUT2D eigenvalue weighted by Crippen LogP contribution is 2.30. The molecule has 6 heteroatoms. The van der Waals surface area contributed by atoms with Gasteiger partial charge in [-0.05, 0) is 45.3 Å². The maximum absolute atomic E-state index is 12.6. The Morgan fingerprint density at radius 3 is 2.87 bits per heavy atom. The van der Waals surface area contributed by atoms with Gasteiger partial charge in [-0.2, -0.15) is 5.10 Å². The van der Waals surface area contributed by atoms with Gasteiger partial charge in [-0.15, -0.1) is 0 Å². The molecule has 23 heavy (non-hydrogen) atoms. The van der Waals surface area contributed by atoms with Gasteiger partial charge in [0.1, 0.15) is 5.69 Å². The standard InChI is InChI=1S/C17H28N4O2/c1-21-10-6-7-15(21)13-11-14(20-19-13)16(22)18-17(12-23-2)8-4-3-5-9-17/h11,15H,3-10,12H2,1-2H3,(H,18,22)(H,19,20). The summed E-state index contributed by atoms with van der Waals surface area (Å²) in [6, 6.07) is 2.26. The van der Waals surface area contributed by atoms with Crippen molar-refractivity contribution in [3.8, 4) is 0 Å². The van der Waals surface area contributed by atoms with E-state index in [2.05, 4.69) is 27.5 Å². The van der Waals surface area contributed by atoms with Gasteiger partial charge in [0.2, 0.25) is 0 Å². The Morgan fingerprint density at radius 2 is 2.22 bits per heavy atom. The van der Waals surface area contributed by atoms with Crippen LogP contribution >= 0.6 is 0 Å². The molecule has 0 radical (unpaired) electrons. The molecule has 2 aliphatic rings. The quantitative estimate of drug-likeness (QED) is 0.873. The minimum atomic E-state index is -0.229. The lowest BCUT2D eigenvalue weighted by Crippen LogP contribution is -2.53. The van der Waals surface area contributed by atoms with E-state index in [0.29, 0.717) is 18.3 Å². The van der Waals surface area contributed by atoms with E-state index < -0.39 is 0 Å². The minimum absolute atomic E-state index is 0.0906. The van der Waals surface area contributed by atoms with Crippen LogP contribution in [-0.4, -0.2) is 53.9 Å². The third-order valence-corrected chi connectivity index (χ3v) is 5.32. The average molecular weight is 320 g/mol. The molecule has 3 rings (SSSR count). The van der Waals surface area contributed by atoms with Crippen LogP contribution in [-0.2, 0) is 4.74 Å². The maximum atomic E-state index is 12.6. The summed E-state index contributed by atoms with van der Waals surface area (Å²) in [6.45, 7) is 1.67. The molecular formula is C17H28N4O2. The first kappa shape index (κ1) is 16.5. The number of H-pyrrole nitrogens is 1. The number of ether oxygens (including phenoxy) is 1. The predicted molar refractivity (Wildman–Crippen MR) is 88.4 cm³/mol. The molecule has 2 heterocycles. The molecule has 0 spiro atoms. The first-order chi connectivity index (χ1) is 11.1. The van der Waals surface area contributed by atoms with E-state index in [0.717, 1.165) is 44.3 Å². The van der Waals surface area contributed by atoms with Crippen LogP contribution in [0.2, 0.25) is 0 Å². The molecule has 1 unspecified atom stereocenters. The van der Waals surface area contributed by atoms with Gasteiger partial charge >= 0.3 is 0 Å². The zero-order valence-corrected chi connectivity index (χ0v) is 14.2. The molecule has 1 atom stereocenters. The molecule has 1 aliphatic heterocycles. The topological polar surface area (TPSA) is 70.2 Å². The van der Waals surface area contributed by atoms with Crippen molar-refractivity contribution in [2.24, 2.45) is 0 Å². The first-order valence-electron chi connectivity index (χ1n) is 8.70. The van der Waals surface area contributed by atoms with Crippen molar-refractivity contribution < 1.29 is 9.53 Å². The van der Waals surface area contributed by atoms with E-state index in [1.807, 2.05) is 6.07 Å². The minimum Gasteiger partial charge on any atom is -0.382 e. The average Bonchev–Trinajstić information content (AvgIpc) is 3.17. The van der Waals surface area contributed by atoms with E-state index in [1.54, 1.807) is 7.11 Å². The van der Waals surface area contributed by atoms with Crippen LogP contribution in [0.1, 0.15) is 67.2 Å². The molecule has 1 aliphatic carbocycles. The van der Waals surface area contributed by atoms with Gasteiger partial charge in [-0.25, -0.2) is 0 Å². The number of nitrogens with one attached hydrogen (secondary N) is 2. The number of aromatic amines is 1. The molecule has 0 aromatic carbocycles. The zero-order valence-electron chi connectivity index (χ0n) is 14.2. The molecule has 0 bridgehead atoms. The monoisotopic (exact) mass is 320 g/mol. The summed E-state index contributed by atoms with van der Waals surface area (Å²) < 4.78 is 5.37. The van der Waals surface area contributed by atoms with Gasteiger partial charge in [0.05, 0.1) is 23.9 Å². The lowest BCUT2D eigenvalue weighted by atomic mass is 9.82. The van der Waals surface area contributed by atoms with Crippen molar-refractivity contribution in [2.45, 2.75) is 56.5 Å². The SMILES string of the molecule is COCC1(NC(=O)c2cc(C3CCCN3C)[nH]n2)CCCCC1. The number of hydrogen-bond acceptors (Lipinski definition) is 4. The van der Waals surface area contributed by atoms with Crippen LogP contribution in [0, 0.1) is 0 Å². The molecule has 2 fully saturated rings. The zero-order chi connectivity index (χ0) is 16.3. The number of amides is 1. The summed E-state index contributed by atoms with van der Waals surface area (Å²) in [7, 11) is 3.82. The molecule has 1 amide bonds. The number of carbonyl (C=O) groups is 1. The Balaban J connectivity index is 1.69. The maximum Gasteiger partial charge on any atom is 0.272 e. The van der Waals surface area contributed by atoms with Crippen LogP contribution in [0.25, 0.3) is 0 Å². The number of rotatable bonds is 5.